The van der Waals surface area contributed by atoms with Crippen molar-refractivity contribution in [3.63, 3.8) is 0 Å². The molecule has 0 aromatic heterocycles. The molecule has 60 heavy (non-hydrogen) atoms. The van der Waals surface area contributed by atoms with Gasteiger partial charge in [-0.3, -0.25) is 0 Å². The lowest BCUT2D eigenvalue weighted by Crippen LogP contribution is -2.02. The van der Waals surface area contributed by atoms with Gasteiger partial charge in [-0.1, -0.05) is 231 Å². The molecule has 0 heterocycles. The van der Waals surface area contributed by atoms with Gasteiger partial charge in [0.1, 0.15) is 0 Å². The average molecular weight is 759 g/mol. The molecule has 0 N–H and O–H groups in total. The van der Waals surface area contributed by atoms with Crippen molar-refractivity contribution in [2.75, 3.05) is 0 Å². The van der Waals surface area contributed by atoms with Crippen molar-refractivity contribution in [3.05, 3.63) is 231 Å². The summed E-state index contributed by atoms with van der Waals surface area (Å²) in [5, 5.41) is 12.8. The zero-order valence-electron chi connectivity index (χ0n) is 32.9. The van der Waals surface area contributed by atoms with Gasteiger partial charge in [0.15, 0.2) is 0 Å². The summed E-state index contributed by atoms with van der Waals surface area (Å²) in [7, 11) is 0. The van der Waals surface area contributed by atoms with Crippen molar-refractivity contribution in [1.82, 2.24) is 0 Å². The first-order valence-corrected chi connectivity index (χ1v) is 20.9. The van der Waals surface area contributed by atoms with E-state index in [0.717, 1.165) is 0 Å². The van der Waals surface area contributed by atoms with Gasteiger partial charge in [-0.05, 0) is 121 Å². The first-order chi connectivity index (χ1) is 29.9. The Balaban J connectivity index is 1.51. The maximum absolute atomic E-state index is 2.37. The van der Waals surface area contributed by atoms with Crippen LogP contribution in [-0.4, -0.2) is 0 Å². The van der Waals surface area contributed by atoms with Crippen molar-refractivity contribution in [1.29, 1.82) is 0 Å². The molecule has 278 valence electrons. The molecule has 0 radical (unpaired) electrons. The number of hydrogen-bond acceptors (Lipinski definition) is 0. The van der Waals surface area contributed by atoms with Gasteiger partial charge in [-0.15, -0.1) is 0 Å². The van der Waals surface area contributed by atoms with Gasteiger partial charge in [-0.25, -0.2) is 0 Å². The van der Waals surface area contributed by atoms with Crippen LogP contribution in [0.25, 0.3) is 121 Å². The minimum atomic E-state index is 1.20. The number of hydrogen-bond donors (Lipinski definition) is 0. The van der Waals surface area contributed by atoms with Gasteiger partial charge in [0.05, 0.1) is 0 Å². The summed E-state index contributed by atoms with van der Waals surface area (Å²) in [6.07, 6.45) is 0. The Morgan fingerprint density at radius 3 is 0.500 bits per heavy atom. The molecular formula is C60H38. The molecule has 0 saturated carbocycles. The summed E-state index contributed by atoms with van der Waals surface area (Å²) in [4.78, 5) is 0. The Labute approximate surface area is 349 Å². The van der Waals surface area contributed by atoms with Crippen LogP contribution in [0.5, 0.6) is 0 Å². The molecule has 0 amide bonds. The van der Waals surface area contributed by atoms with Gasteiger partial charge < -0.3 is 0 Å². The fraction of sp³-hybridized carbons (Fsp3) is 0. The second-order valence-corrected chi connectivity index (χ2v) is 15.8. The Morgan fingerprint density at radius 1 is 0.133 bits per heavy atom. The highest BCUT2D eigenvalue weighted by Crippen LogP contribution is 2.59. The maximum Gasteiger partial charge on any atom is -0.0000483 e. The molecule has 12 rings (SSSR count). The Kier molecular flexibility index (Phi) is 7.96. The molecule has 0 spiro atoms. The van der Waals surface area contributed by atoms with E-state index >= 15 is 0 Å². The molecule has 0 aliphatic carbocycles. The lowest BCUT2D eigenvalue weighted by atomic mass is 9.72. The van der Waals surface area contributed by atoms with Crippen LogP contribution >= 0.6 is 0 Å². The predicted octanol–water partition coefficient (Wildman–Crippen LogP) is 16.9. The molecule has 12 aromatic rings. The smallest absolute Gasteiger partial charge is 0.0000483 e. The second-order valence-electron chi connectivity index (χ2n) is 15.8. The van der Waals surface area contributed by atoms with Crippen molar-refractivity contribution >= 4 is 53.9 Å². The average Bonchev–Trinajstić information content (AvgIpc) is 3.34. The monoisotopic (exact) mass is 758 g/mol. The van der Waals surface area contributed by atoms with E-state index in [4.69, 9.17) is 0 Å². The van der Waals surface area contributed by atoms with Crippen LogP contribution in [0.15, 0.2) is 231 Å². The number of benzene rings is 12. The van der Waals surface area contributed by atoms with E-state index in [1.165, 1.54) is 121 Å². The molecule has 0 nitrogen and oxygen atoms in total. The zero-order chi connectivity index (χ0) is 39.6. The molecule has 0 fully saturated rings. The quantitative estimate of drug-likeness (QED) is 0.117. The van der Waals surface area contributed by atoms with E-state index in [0.29, 0.717) is 0 Å². The van der Waals surface area contributed by atoms with Crippen LogP contribution in [0.3, 0.4) is 0 Å². The van der Waals surface area contributed by atoms with Crippen LogP contribution in [0.1, 0.15) is 0 Å². The van der Waals surface area contributed by atoms with Gasteiger partial charge in [0, 0.05) is 0 Å². The summed E-state index contributed by atoms with van der Waals surface area (Å²) >= 11 is 0. The van der Waals surface area contributed by atoms with Crippen LogP contribution in [0, 0.1) is 0 Å². The fourth-order valence-electron chi connectivity index (χ4n) is 10.3. The molecule has 0 unspecified atom stereocenters. The van der Waals surface area contributed by atoms with Crippen molar-refractivity contribution in [2.45, 2.75) is 0 Å². The SMILES string of the molecule is c1ccc(-c2c(-c3ccccc3)c3c4ccccc4c4c(-c5ccccc5)c(-c5ccccc5)c(-c5ccccc5)c5c6ccccc6c(c2-c2ccccc2)c3c45)cc1. The normalized spacial score (nSPS) is 11.7. The van der Waals surface area contributed by atoms with Crippen molar-refractivity contribution < 1.29 is 0 Å². The lowest BCUT2D eigenvalue weighted by molar-refractivity contribution is 1.59. The minimum absolute atomic E-state index is 1.20. The third-order valence-corrected chi connectivity index (χ3v) is 12.6. The molecular weight excluding hydrogens is 721 g/mol. The fourth-order valence-corrected chi connectivity index (χ4v) is 10.3. The van der Waals surface area contributed by atoms with Crippen LogP contribution in [0.4, 0.5) is 0 Å². The summed E-state index contributed by atoms with van der Waals surface area (Å²) in [5.41, 5.74) is 14.8. The standard InChI is InChI=1S/C60H38/c1-7-23-39(24-8-1)49-51(41-27-11-3-12-28-41)55-45-35-19-21-37-47(45)57-53(43-31-15-5-16-32-43)50(40-25-9-2-10-26-40)54(44-33-17-6-18-34-44)58-48-38-22-20-36-46(48)56(59(55)60(57)58)52(49)42-29-13-4-14-30-42/h1-38H. The largest absolute Gasteiger partial charge is 0.0622 e. The van der Waals surface area contributed by atoms with E-state index in [-0.39, 0.29) is 0 Å². The third kappa shape index (κ3) is 5.11. The Morgan fingerprint density at radius 2 is 0.300 bits per heavy atom. The highest BCUT2D eigenvalue weighted by atomic mass is 14.3. The molecule has 0 aliphatic rings. The molecule has 12 aromatic carbocycles. The molecule has 0 heteroatoms. The Hall–Kier alpha value is -7.80. The number of fused-ring (bicyclic) bond motifs is 6. The van der Waals surface area contributed by atoms with E-state index in [1.807, 2.05) is 0 Å². The van der Waals surface area contributed by atoms with E-state index in [2.05, 4.69) is 231 Å². The lowest BCUT2D eigenvalue weighted by Gasteiger charge is -2.30. The van der Waals surface area contributed by atoms with Gasteiger partial charge in [-0.2, -0.15) is 0 Å². The van der Waals surface area contributed by atoms with Gasteiger partial charge in [0.2, 0.25) is 0 Å². The maximum atomic E-state index is 2.37. The molecule has 0 aliphatic heterocycles. The van der Waals surface area contributed by atoms with Gasteiger partial charge in [0.25, 0.3) is 0 Å². The van der Waals surface area contributed by atoms with Crippen molar-refractivity contribution in [3.8, 4) is 66.8 Å². The second kappa shape index (κ2) is 13.9. The highest BCUT2D eigenvalue weighted by Gasteiger charge is 2.31. The Bertz CT molecular complexity index is 3090. The van der Waals surface area contributed by atoms with E-state index < -0.39 is 0 Å². The molecule has 0 atom stereocenters. The topological polar surface area (TPSA) is 0 Å². The van der Waals surface area contributed by atoms with Crippen LogP contribution in [0.2, 0.25) is 0 Å². The first-order valence-electron chi connectivity index (χ1n) is 20.9. The highest BCUT2D eigenvalue weighted by molar-refractivity contribution is 6.48. The summed E-state index contributed by atoms with van der Waals surface area (Å²) in [6.45, 7) is 0. The summed E-state index contributed by atoms with van der Waals surface area (Å²) < 4.78 is 0. The molecule has 0 saturated heterocycles. The van der Waals surface area contributed by atoms with E-state index in [9.17, 15) is 0 Å². The van der Waals surface area contributed by atoms with Crippen LogP contribution < -0.4 is 0 Å². The summed E-state index contributed by atoms with van der Waals surface area (Å²) in [6, 6.07) is 85.1. The van der Waals surface area contributed by atoms with Crippen molar-refractivity contribution in [2.24, 2.45) is 0 Å². The van der Waals surface area contributed by atoms with Gasteiger partial charge >= 0.3 is 0 Å². The zero-order valence-corrected chi connectivity index (χ0v) is 32.9. The molecule has 0 bridgehead atoms. The summed E-state index contributed by atoms with van der Waals surface area (Å²) in [5.74, 6) is 0. The number of rotatable bonds is 6. The third-order valence-electron chi connectivity index (χ3n) is 12.6. The van der Waals surface area contributed by atoms with Crippen LogP contribution in [-0.2, 0) is 0 Å². The predicted molar refractivity (Wildman–Crippen MR) is 258 cm³/mol. The minimum Gasteiger partial charge on any atom is -0.0622 e. The first kappa shape index (κ1) is 34.3. The van der Waals surface area contributed by atoms with E-state index in [1.54, 1.807) is 0 Å².